The summed E-state index contributed by atoms with van der Waals surface area (Å²) in [5.74, 6) is -0.350. The number of sulfone groups is 1. The van der Waals surface area contributed by atoms with Gasteiger partial charge in [0.15, 0.2) is 9.84 Å². The highest BCUT2D eigenvalue weighted by molar-refractivity contribution is 7.96. The van der Waals surface area contributed by atoms with Crippen LogP contribution in [0.3, 0.4) is 0 Å². The summed E-state index contributed by atoms with van der Waals surface area (Å²) in [6.07, 6.45) is 0. The predicted molar refractivity (Wildman–Crippen MR) is 58.8 cm³/mol. The molecule has 3 rings (SSSR count). The number of hydrogen-bond donors (Lipinski definition) is 0. The lowest BCUT2D eigenvalue weighted by Gasteiger charge is -2.49. The Labute approximate surface area is 92.9 Å². The van der Waals surface area contributed by atoms with E-state index in [0.717, 1.165) is 0 Å². The zero-order chi connectivity index (χ0) is 11.6. The van der Waals surface area contributed by atoms with Crippen molar-refractivity contribution in [2.24, 2.45) is 4.99 Å². The van der Waals surface area contributed by atoms with Crippen LogP contribution in [0, 0.1) is 5.82 Å². The molecular formula is C11H10FNO2S. The topological polar surface area (TPSA) is 46.5 Å². The second-order valence-corrected chi connectivity index (χ2v) is 6.50. The number of rotatable bonds is 1. The Morgan fingerprint density at radius 1 is 1.44 bits per heavy atom. The van der Waals surface area contributed by atoms with Crippen LogP contribution in [0.1, 0.15) is 12.5 Å². The van der Waals surface area contributed by atoms with Crippen molar-refractivity contribution in [2.45, 2.75) is 17.7 Å². The van der Waals surface area contributed by atoms with Gasteiger partial charge in [0.1, 0.15) is 16.6 Å². The zero-order valence-corrected chi connectivity index (χ0v) is 9.46. The van der Waals surface area contributed by atoms with E-state index in [4.69, 9.17) is 0 Å². The Balaban J connectivity index is 2.14. The smallest absolute Gasteiger partial charge is 0.166 e. The first-order chi connectivity index (χ1) is 7.45. The molecule has 1 aromatic carbocycles. The highest BCUT2D eigenvalue weighted by atomic mass is 32.2. The van der Waals surface area contributed by atoms with E-state index in [1.54, 1.807) is 25.1 Å². The number of nitrogens with zero attached hydrogens (tertiary/aromatic N) is 1. The molecule has 0 N–H and O–H groups in total. The molecule has 84 valence electrons. The molecule has 2 heterocycles. The number of aliphatic imine (C=N–C) groups is 1. The second-order valence-electron chi connectivity index (χ2n) is 4.42. The van der Waals surface area contributed by atoms with Crippen LogP contribution >= 0.6 is 0 Å². The minimum atomic E-state index is -3.09. The third kappa shape index (κ3) is 1.01. The summed E-state index contributed by atoms with van der Waals surface area (Å²) in [5, 5.41) is -0.600. The highest BCUT2D eigenvalue weighted by Gasteiger charge is 2.62. The van der Waals surface area contributed by atoms with Crippen LogP contribution in [0.2, 0.25) is 0 Å². The minimum absolute atomic E-state index is 0.0434. The maximum Gasteiger partial charge on any atom is 0.166 e. The van der Waals surface area contributed by atoms with Crippen molar-refractivity contribution >= 4 is 15.5 Å². The van der Waals surface area contributed by atoms with Crippen LogP contribution in [-0.2, 0) is 15.4 Å². The van der Waals surface area contributed by atoms with Crippen LogP contribution in [0.4, 0.5) is 4.39 Å². The molecule has 2 aliphatic heterocycles. The summed E-state index contributed by atoms with van der Waals surface area (Å²) in [4.78, 5) is 4.25. The van der Waals surface area contributed by atoms with Gasteiger partial charge in [-0.2, -0.15) is 0 Å². The molecule has 1 fully saturated rings. The Hall–Kier alpha value is -1.23. The molecule has 3 nitrogen and oxygen atoms in total. The largest absolute Gasteiger partial charge is 0.279 e. The summed E-state index contributed by atoms with van der Waals surface area (Å²) in [5.41, 5.74) is 0.135. The molecule has 0 bridgehead atoms. The fourth-order valence-electron chi connectivity index (χ4n) is 2.60. The van der Waals surface area contributed by atoms with E-state index in [1.807, 2.05) is 0 Å². The van der Waals surface area contributed by atoms with Gasteiger partial charge in [0.2, 0.25) is 0 Å². The van der Waals surface area contributed by atoms with Gasteiger partial charge in [0, 0.05) is 11.3 Å². The monoisotopic (exact) mass is 239 g/mol. The molecule has 2 atom stereocenters. The molecule has 0 spiro atoms. The lowest BCUT2D eigenvalue weighted by molar-refractivity contribution is 0.420. The van der Waals surface area contributed by atoms with Gasteiger partial charge in [-0.1, -0.05) is 18.2 Å². The molecular weight excluding hydrogens is 229 g/mol. The van der Waals surface area contributed by atoms with Crippen LogP contribution in [0.15, 0.2) is 29.3 Å². The zero-order valence-electron chi connectivity index (χ0n) is 8.64. The quantitative estimate of drug-likeness (QED) is 0.741. The van der Waals surface area contributed by atoms with E-state index in [-0.39, 0.29) is 5.75 Å². The van der Waals surface area contributed by atoms with Crippen molar-refractivity contribution in [3.63, 3.8) is 0 Å². The van der Waals surface area contributed by atoms with Gasteiger partial charge >= 0.3 is 0 Å². The van der Waals surface area contributed by atoms with Crippen molar-refractivity contribution in [1.82, 2.24) is 0 Å². The third-order valence-electron chi connectivity index (χ3n) is 3.32. The van der Waals surface area contributed by atoms with Crippen molar-refractivity contribution in [3.05, 3.63) is 35.6 Å². The van der Waals surface area contributed by atoms with E-state index < -0.39 is 26.4 Å². The molecule has 0 saturated carbocycles. The van der Waals surface area contributed by atoms with Crippen LogP contribution < -0.4 is 0 Å². The van der Waals surface area contributed by atoms with Crippen molar-refractivity contribution in [3.8, 4) is 0 Å². The van der Waals surface area contributed by atoms with E-state index in [1.165, 1.54) is 6.07 Å². The molecule has 0 radical (unpaired) electrons. The Bertz CT molecular complexity index is 608. The molecule has 1 saturated heterocycles. The Morgan fingerprint density at radius 3 is 2.69 bits per heavy atom. The SMILES string of the molecule is CC1(c2ccccc2F)N=C2CS(=O)(=O)C21. The molecule has 2 unspecified atom stereocenters. The number of halogens is 1. The lowest BCUT2D eigenvalue weighted by Crippen LogP contribution is -2.66. The summed E-state index contributed by atoms with van der Waals surface area (Å²) in [7, 11) is -3.09. The van der Waals surface area contributed by atoms with E-state index in [2.05, 4.69) is 4.99 Å². The summed E-state index contributed by atoms with van der Waals surface area (Å²) >= 11 is 0. The van der Waals surface area contributed by atoms with Crippen LogP contribution in [0.25, 0.3) is 0 Å². The van der Waals surface area contributed by atoms with E-state index in [9.17, 15) is 12.8 Å². The molecule has 0 aliphatic carbocycles. The third-order valence-corrected chi connectivity index (χ3v) is 5.46. The second kappa shape index (κ2) is 2.71. The first-order valence-electron chi connectivity index (χ1n) is 5.00. The van der Waals surface area contributed by atoms with Crippen LogP contribution in [-0.4, -0.2) is 25.1 Å². The normalized spacial score (nSPS) is 34.4. The fourth-order valence-corrected chi connectivity index (χ4v) is 4.54. The predicted octanol–water partition coefficient (Wildman–Crippen LogP) is 1.29. The highest BCUT2D eigenvalue weighted by Crippen LogP contribution is 2.47. The fraction of sp³-hybridized carbons (Fsp3) is 0.364. The number of benzene rings is 1. The van der Waals surface area contributed by atoms with Crippen molar-refractivity contribution < 1.29 is 12.8 Å². The Morgan fingerprint density at radius 2 is 2.12 bits per heavy atom. The van der Waals surface area contributed by atoms with Crippen LogP contribution in [0.5, 0.6) is 0 Å². The first kappa shape index (κ1) is 9.96. The molecule has 16 heavy (non-hydrogen) atoms. The van der Waals surface area contributed by atoms with Gasteiger partial charge in [0.05, 0.1) is 5.75 Å². The lowest BCUT2D eigenvalue weighted by atomic mass is 9.81. The molecule has 2 aliphatic rings. The van der Waals surface area contributed by atoms with Crippen molar-refractivity contribution in [1.29, 1.82) is 0 Å². The molecule has 1 aromatic rings. The van der Waals surface area contributed by atoms with E-state index >= 15 is 0 Å². The van der Waals surface area contributed by atoms with E-state index in [0.29, 0.717) is 11.3 Å². The average molecular weight is 239 g/mol. The summed E-state index contributed by atoms with van der Waals surface area (Å²) in [6.45, 7) is 1.68. The first-order valence-corrected chi connectivity index (χ1v) is 6.72. The van der Waals surface area contributed by atoms with Gasteiger partial charge in [-0.15, -0.1) is 0 Å². The van der Waals surface area contributed by atoms with Gasteiger partial charge in [-0.05, 0) is 13.0 Å². The van der Waals surface area contributed by atoms with Gasteiger partial charge < -0.3 is 0 Å². The number of hydrogen-bond acceptors (Lipinski definition) is 3. The number of fused-ring (bicyclic) bond motifs is 1. The maximum atomic E-state index is 13.6. The van der Waals surface area contributed by atoms with Gasteiger partial charge in [0.25, 0.3) is 0 Å². The van der Waals surface area contributed by atoms with Gasteiger partial charge in [-0.25, -0.2) is 12.8 Å². The minimum Gasteiger partial charge on any atom is -0.279 e. The summed E-state index contributed by atoms with van der Waals surface area (Å²) < 4.78 is 36.8. The molecule has 5 heteroatoms. The van der Waals surface area contributed by atoms with Crippen molar-refractivity contribution in [2.75, 3.05) is 5.75 Å². The Kier molecular flexibility index (Phi) is 1.69. The molecule has 0 amide bonds. The summed E-state index contributed by atoms with van der Waals surface area (Å²) in [6, 6.07) is 6.21. The average Bonchev–Trinajstić information content (AvgIpc) is 2.14. The molecule has 0 aromatic heterocycles. The van der Waals surface area contributed by atoms with Gasteiger partial charge in [-0.3, -0.25) is 4.99 Å². The standard InChI is InChI=1S/C11H10FNO2S/c1-11(7-4-2-3-5-8(7)12)10-9(13-11)6-16(10,14)15/h2-5,10H,6H2,1H3. The maximum absolute atomic E-state index is 13.6.